The molecule has 1 N–H and O–H groups in total. The van der Waals surface area contributed by atoms with Crippen molar-refractivity contribution >= 4 is 43.1 Å². The molecule has 10 heteroatoms. The summed E-state index contributed by atoms with van der Waals surface area (Å²) in [6, 6.07) is 26.8. The minimum Gasteiger partial charge on any atom is -0.445 e. The number of hydrogen-bond donors (Lipinski definition) is 2. The molecule has 3 aromatic carbocycles. The van der Waals surface area contributed by atoms with Crippen LogP contribution in [0.4, 0.5) is 10.5 Å². The molecule has 1 saturated heterocycles. The number of rotatable bonds is 10. The highest BCUT2D eigenvalue weighted by Crippen LogP contribution is 2.37. The van der Waals surface area contributed by atoms with Crippen LogP contribution in [-0.4, -0.2) is 49.9 Å². The predicted molar refractivity (Wildman–Crippen MR) is 161 cm³/mol. The van der Waals surface area contributed by atoms with Gasteiger partial charge >= 0.3 is 6.09 Å². The van der Waals surface area contributed by atoms with Crippen LogP contribution in [-0.2, 0) is 20.5 Å². The van der Waals surface area contributed by atoms with Crippen LogP contribution in [0.3, 0.4) is 0 Å². The molecule has 0 unspecified atom stereocenters. The molecule has 0 spiro atoms. The number of ether oxygens (including phenoxy) is 2. The SMILES string of the molecule is CC(C)(C)[Si](OC[C@H]1O[C@H](CNC(=O)OCc2ccc([N+](=O)[O-])cc2)C[C@@H]1S)(c1ccccc1)c1ccccc1. The fourth-order valence-corrected chi connectivity index (χ4v) is 10.1. The van der Waals surface area contributed by atoms with Crippen LogP contribution in [0.1, 0.15) is 32.8 Å². The van der Waals surface area contributed by atoms with Crippen molar-refractivity contribution in [1.82, 2.24) is 5.32 Å². The summed E-state index contributed by atoms with van der Waals surface area (Å²) in [5, 5.41) is 15.8. The Morgan fingerprint density at radius 3 is 2.12 bits per heavy atom. The molecule has 3 aromatic rings. The normalized spacial score (nSPS) is 19.2. The summed E-state index contributed by atoms with van der Waals surface area (Å²) < 4.78 is 18.6. The van der Waals surface area contributed by atoms with Crippen molar-refractivity contribution in [2.75, 3.05) is 13.2 Å². The van der Waals surface area contributed by atoms with Gasteiger partial charge in [-0.25, -0.2) is 4.79 Å². The first kappa shape index (κ1) is 29.8. The standard InChI is InChI=1S/C30H36N2O6SSi/c1-30(2,3)40(25-10-6-4-7-11-25,26-12-8-5-9-13-26)37-21-27-28(39)18-24(38-27)19-31-29(33)36-20-22-14-16-23(17-15-22)32(34)35/h4-17,24,27-28,39H,18-21H2,1-3H3,(H,31,33)/t24-,27+,28-/m0/s1. The smallest absolute Gasteiger partial charge is 0.407 e. The van der Waals surface area contributed by atoms with E-state index in [0.29, 0.717) is 18.6 Å². The number of amides is 1. The molecule has 8 nitrogen and oxygen atoms in total. The summed E-state index contributed by atoms with van der Waals surface area (Å²) in [6.45, 7) is 7.40. The van der Waals surface area contributed by atoms with Gasteiger partial charge in [-0.2, -0.15) is 12.6 Å². The molecular formula is C30H36N2O6SSi. The zero-order chi connectivity index (χ0) is 28.8. The lowest BCUT2D eigenvalue weighted by Gasteiger charge is -2.43. The molecule has 1 heterocycles. The minimum atomic E-state index is -2.70. The van der Waals surface area contributed by atoms with Crippen LogP contribution in [0.25, 0.3) is 0 Å². The molecular weight excluding hydrogens is 544 g/mol. The Bertz CT molecular complexity index is 1230. The molecule has 0 saturated carbocycles. The van der Waals surface area contributed by atoms with Crippen LogP contribution >= 0.6 is 12.6 Å². The number of benzene rings is 3. The highest BCUT2D eigenvalue weighted by molar-refractivity contribution is 7.81. The fourth-order valence-electron chi connectivity index (χ4n) is 5.18. The lowest BCUT2D eigenvalue weighted by Crippen LogP contribution is -2.67. The summed E-state index contributed by atoms with van der Waals surface area (Å²) in [4.78, 5) is 22.6. The second-order valence-corrected chi connectivity index (χ2v) is 15.9. The number of nitro groups is 1. The van der Waals surface area contributed by atoms with Gasteiger partial charge in [-0.05, 0) is 39.5 Å². The van der Waals surface area contributed by atoms with E-state index >= 15 is 0 Å². The number of hydrogen-bond acceptors (Lipinski definition) is 7. The van der Waals surface area contributed by atoms with Gasteiger partial charge in [-0.15, -0.1) is 0 Å². The number of non-ortho nitro benzene ring substituents is 1. The van der Waals surface area contributed by atoms with Gasteiger partial charge in [-0.3, -0.25) is 10.1 Å². The number of nitro benzene ring substituents is 1. The molecule has 1 aliphatic heterocycles. The van der Waals surface area contributed by atoms with Crippen molar-refractivity contribution in [2.24, 2.45) is 0 Å². The molecule has 3 atom stereocenters. The third kappa shape index (κ3) is 6.93. The molecule has 0 bridgehead atoms. The Balaban J connectivity index is 1.36. The summed E-state index contributed by atoms with van der Waals surface area (Å²) >= 11 is 4.80. The highest BCUT2D eigenvalue weighted by Gasteiger charge is 2.51. The largest absolute Gasteiger partial charge is 0.445 e. The fraction of sp³-hybridized carbons (Fsp3) is 0.367. The van der Waals surface area contributed by atoms with Crippen LogP contribution in [0.2, 0.25) is 5.04 Å². The zero-order valence-corrected chi connectivity index (χ0v) is 24.9. The summed E-state index contributed by atoms with van der Waals surface area (Å²) in [5.41, 5.74) is 0.648. The molecule has 0 aliphatic carbocycles. The van der Waals surface area contributed by atoms with E-state index < -0.39 is 19.3 Å². The van der Waals surface area contributed by atoms with Gasteiger partial charge in [0.2, 0.25) is 0 Å². The van der Waals surface area contributed by atoms with E-state index in [1.54, 1.807) is 12.1 Å². The van der Waals surface area contributed by atoms with Crippen LogP contribution < -0.4 is 15.7 Å². The zero-order valence-electron chi connectivity index (χ0n) is 23.0. The predicted octanol–water partition coefficient (Wildman–Crippen LogP) is 4.85. The first-order valence-corrected chi connectivity index (χ1v) is 15.7. The van der Waals surface area contributed by atoms with Gasteiger partial charge in [0, 0.05) is 23.9 Å². The lowest BCUT2D eigenvalue weighted by molar-refractivity contribution is -0.384. The Labute approximate surface area is 241 Å². The summed E-state index contributed by atoms with van der Waals surface area (Å²) in [6.07, 6.45) is -0.361. The second kappa shape index (κ2) is 13.0. The first-order chi connectivity index (χ1) is 19.1. The van der Waals surface area contributed by atoms with Gasteiger partial charge in [-0.1, -0.05) is 81.4 Å². The van der Waals surface area contributed by atoms with E-state index in [2.05, 4.69) is 74.6 Å². The van der Waals surface area contributed by atoms with Crippen molar-refractivity contribution in [3.05, 3.63) is 101 Å². The van der Waals surface area contributed by atoms with Crippen molar-refractivity contribution in [3.63, 3.8) is 0 Å². The Kier molecular flexibility index (Phi) is 9.67. The Hall–Kier alpha value is -3.18. The lowest BCUT2D eigenvalue weighted by atomic mass is 10.2. The number of nitrogens with zero attached hydrogens (tertiary/aromatic N) is 1. The first-order valence-electron chi connectivity index (χ1n) is 13.3. The Morgan fingerprint density at radius 2 is 1.60 bits per heavy atom. The van der Waals surface area contributed by atoms with Gasteiger partial charge in [0.25, 0.3) is 14.0 Å². The van der Waals surface area contributed by atoms with Crippen molar-refractivity contribution < 1.29 is 23.6 Å². The highest BCUT2D eigenvalue weighted by atomic mass is 32.1. The molecule has 0 radical (unpaired) electrons. The van der Waals surface area contributed by atoms with Gasteiger partial charge in [0.15, 0.2) is 0 Å². The van der Waals surface area contributed by atoms with E-state index in [1.165, 1.54) is 22.5 Å². The number of nitrogens with one attached hydrogen (secondary N) is 1. The second-order valence-electron chi connectivity index (χ2n) is 11.0. The number of carbonyl (C=O) groups excluding carboxylic acids is 1. The van der Waals surface area contributed by atoms with Crippen molar-refractivity contribution in [3.8, 4) is 0 Å². The van der Waals surface area contributed by atoms with Gasteiger partial charge < -0.3 is 19.2 Å². The molecule has 1 amide bonds. The van der Waals surface area contributed by atoms with Crippen LogP contribution in [0.15, 0.2) is 84.9 Å². The molecule has 1 fully saturated rings. The summed E-state index contributed by atoms with van der Waals surface area (Å²) in [7, 11) is -2.70. The topological polar surface area (TPSA) is 99.9 Å². The molecule has 212 valence electrons. The number of carbonyl (C=O) groups is 1. The molecule has 0 aromatic heterocycles. The van der Waals surface area contributed by atoms with Crippen LogP contribution in [0, 0.1) is 10.1 Å². The molecule has 4 rings (SSSR count). The number of thiol groups is 1. The van der Waals surface area contributed by atoms with E-state index in [1.807, 2.05) is 12.1 Å². The van der Waals surface area contributed by atoms with Gasteiger partial charge in [0.05, 0.1) is 23.7 Å². The van der Waals surface area contributed by atoms with Gasteiger partial charge in [0.1, 0.15) is 6.61 Å². The third-order valence-electron chi connectivity index (χ3n) is 7.17. The van der Waals surface area contributed by atoms with E-state index in [0.717, 1.165) is 0 Å². The van der Waals surface area contributed by atoms with Crippen molar-refractivity contribution in [2.45, 2.75) is 56.3 Å². The molecule has 1 aliphatic rings. The number of alkyl carbamates (subject to hydrolysis) is 1. The van der Waals surface area contributed by atoms with E-state index in [4.69, 9.17) is 26.5 Å². The minimum absolute atomic E-state index is 0.0126. The maximum Gasteiger partial charge on any atom is 0.407 e. The summed E-state index contributed by atoms with van der Waals surface area (Å²) in [5.74, 6) is 0. The average molecular weight is 581 g/mol. The monoisotopic (exact) mass is 580 g/mol. The van der Waals surface area contributed by atoms with E-state index in [9.17, 15) is 14.9 Å². The average Bonchev–Trinajstić information content (AvgIpc) is 3.31. The maximum absolute atomic E-state index is 12.3. The van der Waals surface area contributed by atoms with Crippen LogP contribution in [0.5, 0.6) is 0 Å². The molecule has 40 heavy (non-hydrogen) atoms. The van der Waals surface area contributed by atoms with Crippen molar-refractivity contribution in [1.29, 1.82) is 0 Å². The quantitative estimate of drug-likeness (QED) is 0.154. The third-order valence-corrected chi connectivity index (χ3v) is 12.7. The maximum atomic E-state index is 12.3. The Morgan fingerprint density at radius 1 is 1.02 bits per heavy atom. The van der Waals surface area contributed by atoms with E-state index in [-0.39, 0.29) is 41.3 Å².